The molecule has 0 radical (unpaired) electrons. The Balaban J connectivity index is 1.81. The Kier molecular flexibility index (Phi) is 3.50. The van der Waals surface area contributed by atoms with Gasteiger partial charge in [-0.1, -0.05) is 6.42 Å². The highest BCUT2D eigenvalue weighted by molar-refractivity contribution is 5.22. The summed E-state index contributed by atoms with van der Waals surface area (Å²) in [5.74, 6) is -3.06. The summed E-state index contributed by atoms with van der Waals surface area (Å²) < 4.78 is 39.9. The van der Waals surface area contributed by atoms with E-state index in [1.165, 1.54) is 0 Å². The van der Waals surface area contributed by atoms with Gasteiger partial charge >= 0.3 is 0 Å². The fourth-order valence-electron chi connectivity index (χ4n) is 3.63. The van der Waals surface area contributed by atoms with Crippen LogP contribution >= 0.6 is 0 Å². The monoisotopic (exact) mass is 285 g/mol. The fraction of sp³-hybridized carbons (Fsp3) is 0.600. The van der Waals surface area contributed by atoms with E-state index in [-0.39, 0.29) is 24.1 Å². The number of hydrogen-bond acceptors (Lipinski definition) is 2. The smallest absolute Gasteiger partial charge is 0.161 e. The molecule has 2 fully saturated rings. The zero-order valence-electron chi connectivity index (χ0n) is 11.1. The van der Waals surface area contributed by atoms with Gasteiger partial charge in [0.25, 0.3) is 0 Å². The molecule has 2 bridgehead atoms. The van der Waals surface area contributed by atoms with E-state index in [4.69, 9.17) is 0 Å². The Hall–Kier alpha value is -1.07. The average molecular weight is 285 g/mol. The highest BCUT2D eigenvalue weighted by Crippen LogP contribution is 2.35. The van der Waals surface area contributed by atoms with E-state index in [9.17, 15) is 18.3 Å². The van der Waals surface area contributed by atoms with Crippen molar-refractivity contribution in [3.63, 3.8) is 0 Å². The van der Waals surface area contributed by atoms with Gasteiger partial charge in [-0.25, -0.2) is 13.2 Å². The number of hydrogen-bond donors (Lipinski definition) is 2. The molecule has 110 valence electrons. The van der Waals surface area contributed by atoms with E-state index in [1.54, 1.807) is 0 Å². The Morgan fingerprint density at radius 2 is 1.65 bits per heavy atom. The maximum atomic E-state index is 13.7. The van der Waals surface area contributed by atoms with Crippen molar-refractivity contribution in [3.8, 4) is 0 Å². The molecule has 2 nitrogen and oxygen atoms in total. The van der Waals surface area contributed by atoms with E-state index in [1.807, 2.05) is 0 Å². The van der Waals surface area contributed by atoms with Crippen LogP contribution < -0.4 is 5.32 Å². The predicted octanol–water partition coefficient (Wildman–Crippen LogP) is 2.68. The molecular weight excluding hydrogens is 267 g/mol. The summed E-state index contributed by atoms with van der Waals surface area (Å²) in [6.07, 6.45) is 4.23. The number of aliphatic hydroxyl groups is 1. The average Bonchev–Trinajstić information content (AvgIpc) is 2.35. The van der Waals surface area contributed by atoms with E-state index < -0.39 is 23.1 Å². The Labute approximate surface area is 116 Å². The second kappa shape index (κ2) is 5.04. The molecule has 2 saturated heterocycles. The minimum absolute atomic E-state index is 0.0325. The van der Waals surface area contributed by atoms with Crippen LogP contribution in [-0.4, -0.2) is 22.8 Å². The van der Waals surface area contributed by atoms with E-state index in [0.29, 0.717) is 18.9 Å². The first-order chi connectivity index (χ1) is 9.45. The van der Waals surface area contributed by atoms with Gasteiger partial charge in [-0.3, -0.25) is 0 Å². The lowest BCUT2D eigenvalue weighted by Crippen LogP contribution is -2.56. The third kappa shape index (κ3) is 2.69. The first kappa shape index (κ1) is 13.9. The van der Waals surface area contributed by atoms with Crippen molar-refractivity contribution < 1.29 is 18.3 Å². The van der Waals surface area contributed by atoms with Crippen LogP contribution in [0.2, 0.25) is 0 Å². The van der Waals surface area contributed by atoms with E-state index >= 15 is 0 Å². The maximum absolute atomic E-state index is 13.7. The second-order valence-electron chi connectivity index (χ2n) is 6.16. The van der Waals surface area contributed by atoms with Crippen LogP contribution in [0.4, 0.5) is 13.2 Å². The largest absolute Gasteiger partial charge is 0.389 e. The van der Waals surface area contributed by atoms with Crippen LogP contribution in [0.15, 0.2) is 12.1 Å². The van der Waals surface area contributed by atoms with Gasteiger partial charge in [-0.05, 0) is 37.3 Å². The zero-order chi connectivity index (χ0) is 14.3. The number of fused-ring (bicyclic) bond motifs is 2. The summed E-state index contributed by atoms with van der Waals surface area (Å²) in [5, 5.41) is 14.1. The van der Waals surface area contributed by atoms with Gasteiger partial charge in [0.2, 0.25) is 0 Å². The van der Waals surface area contributed by atoms with Gasteiger partial charge < -0.3 is 10.4 Å². The van der Waals surface area contributed by atoms with Gasteiger partial charge in [-0.15, -0.1) is 0 Å². The predicted molar refractivity (Wildman–Crippen MR) is 68.8 cm³/mol. The number of rotatable bonds is 2. The second-order valence-corrected chi connectivity index (χ2v) is 6.16. The highest BCUT2D eigenvalue weighted by atomic mass is 19.2. The van der Waals surface area contributed by atoms with E-state index in [0.717, 1.165) is 25.3 Å². The molecule has 2 heterocycles. The summed E-state index contributed by atoms with van der Waals surface area (Å²) in [5.41, 5.74) is -0.988. The quantitative estimate of drug-likeness (QED) is 0.819. The lowest BCUT2D eigenvalue weighted by molar-refractivity contribution is -0.0308. The molecule has 0 aromatic heterocycles. The molecule has 2 unspecified atom stereocenters. The minimum atomic E-state index is -1.19. The SMILES string of the molecule is OC1(Cc2cc(F)c(F)cc2F)CC2CCCC(C1)N2. The summed E-state index contributed by atoms with van der Waals surface area (Å²) in [6, 6.07) is 1.89. The molecule has 2 aliphatic rings. The number of halogens is 3. The standard InChI is InChI=1S/C15H18F3NO/c16-12-5-14(18)13(17)4-9(12)6-15(20)7-10-2-1-3-11(8-15)19-10/h4-5,10-11,19-20H,1-3,6-8H2. The van der Waals surface area contributed by atoms with Crippen molar-refractivity contribution in [1.82, 2.24) is 5.32 Å². The van der Waals surface area contributed by atoms with Crippen LogP contribution in [0.5, 0.6) is 0 Å². The Morgan fingerprint density at radius 1 is 1.05 bits per heavy atom. The van der Waals surface area contributed by atoms with Crippen LogP contribution in [0.25, 0.3) is 0 Å². The van der Waals surface area contributed by atoms with Gasteiger partial charge in [-0.2, -0.15) is 0 Å². The molecule has 1 aromatic carbocycles. The summed E-state index contributed by atoms with van der Waals surface area (Å²) in [6.45, 7) is 0. The van der Waals surface area contributed by atoms with Crippen LogP contribution in [0, 0.1) is 17.5 Å². The molecule has 0 saturated carbocycles. The van der Waals surface area contributed by atoms with Crippen molar-refractivity contribution in [2.24, 2.45) is 0 Å². The summed E-state index contributed by atoms with van der Waals surface area (Å²) in [7, 11) is 0. The molecule has 20 heavy (non-hydrogen) atoms. The molecule has 2 atom stereocenters. The van der Waals surface area contributed by atoms with Crippen molar-refractivity contribution in [3.05, 3.63) is 35.1 Å². The lowest BCUT2D eigenvalue weighted by Gasteiger charge is -2.45. The Morgan fingerprint density at radius 3 is 2.30 bits per heavy atom. The number of benzene rings is 1. The first-order valence-electron chi connectivity index (χ1n) is 7.07. The third-order valence-corrected chi connectivity index (χ3v) is 4.44. The lowest BCUT2D eigenvalue weighted by atomic mass is 9.74. The molecule has 3 rings (SSSR count). The number of nitrogens with one attached hydrogen (secondary N) is 1. The van der Waals surface area contributed by atoms with Gasteiger partial charge in [0.15, 0.2) is 11.6 Å². The summed E-state index contributed by atoms with van der Waals surface area (Å²) in [4.78, 5) is 0. The van der Waals surface area contributed by atoms with Crippen molar-refractivity contribution in [2.75, 3.05) is 0 Å². The minimum Gasteiger partial charge on any atom is -0.389 e. The molecule has 1 aromatic rings. The summed E-state index contributed by atoms with van der Waals surface area (Å²) >= 11 is 0. The Bertz CT molecular complexity index is 508. The molecule has 2 N–H and O–H groups in total. The first-order valence-corrected chi connectivity index (χ1v) is 7.07. The van der Waals surface area contributed by atoms with Crippen LogP contribution in [0.1, 0.15) is 37.7 Å². The zero-order valence-corrected chi connectivity index (χ0v) is 11.1. The van der Waals surface area contributed by atoms with Crippen molar-refractivity contribution in [1.29, 1.82) is 0 Å². The van der Waals surface area contributed by atoms with Gasteiger partial charge in [0, 0.05) is 24.6 Å². The van der Waals surface area contributed by atoms with Gasteiger partial charge in [0.05, 0.1) is 5.60 Å². The number of piperidine rings is 2. The van der Waals surface area contributed by atoms with Gasteiger partial charge in [0.1, 0.15) is 5.82 Å². The highest BCUT2D eigenvalue weighted by Gasteiger charge is 2.41. The van der Waals surface area contributed by atoms with Crippen molar-refractivity contribution in [2.45, 2.75) is 56.2 Å². The van der Waals surface area contributed by atoms with Crippen LogP contribution in [-0.2, 0) is 6.42 Å². The molecule has 0 amide bonds. The molecular formula is C15H18F3NO. The maximum Gasteiger partial charge on any atom is 0.161 e. The fourth-order valence-corrected chi connectivity index (χ4v) is 3.63. The topological polar surface area (TPSA) is 32.3 Å². The van der Waals surface area contributed by atoms with Crippen LogP contribution in [0.3, 0.4) is 0 Å². The van der Waals surface area contributed by atoms with E-state index in [2.05, 4.69) is 5.32 Å². The normalized spacial score (nSPS) is 33.2. The molecule has 5 heteroatoms. The molecule has 0 aliphatic carbocycles. The molecule has 0 spiro atoms. The third-order valence-electron chi connectivity index (χ3n) is 4.44. The van der Waals surface area contributed by atoms with Crippen molar-refractivity contribution >= 4 is 0 Å². The molecule has 2 aliphatic heterocycles.